The summed E-state index contributed by atoms with van der Waals surface area (Å²) in [5.41, 5.74) is 1.05. The maximum Gasteiger partial charge on any atom is 0.308 e. The number of nitrogens with zero attached hydrogens (tertiary/aromatic N) is 1. The molecule has 4 rings (SSSR count). The quantitative estimate of drug-likeness (QED) is 0.158. The van der Waals surface area contributed by atoms with E-state index in [0.717, 1.165) is 0 Å². The topological polar surface area (TPSA) is 93.1 Å². The Morgan fingerprint density at radius 3 is 2.11 bits per heavy atom. The summed E-state index contributed by atoms with van der Waals surface area (Å²) in [4.78, 5) is 39.0. The van der Waals surface area contributed by atoms with Crippen molar-refractivity contribution in [1.82, 2.24) is 0 Å². The SMILES string of the molecule is COc1ccc(N2C(=O)C(=O)/C(=C(\O)c3ccc(Cl)c(Cl)c3)C2c2ccc(OC(C)=O)cc2)cc1. The van der Waals surface area contributed by atoms with Gasteiger partial charge in [0.15, 0.2) is 0 Å². The monoisotopic (exact) mass is 511 g/mol. The van der Waals surface area contributed by atoms with Crippen LogP contribution in [-0.4, -0.2) is 29.9 Å². The molecule has 9 heteroatoms. The number of anilines is 1. The number of hydrogen-bond donors (Lipinski definition) is 1. The molecule has 0 aromatic heterocycles. The van der Waals surface area contributed by atoms with Crippen molar-refractivity contribution < 1.29 is 29.0 Å². The average molecular weight is 512 g/mol. The molecule has 1 saturated heterocycles. The Morgan fingerprint density at radius 1 is 0.914 bits per heavy atom. The molecule has 1 fully saturated rings. The van der Waals surface area contributed by atoms with E-state index < -0.39 is 29.5 Å². The number of esters is 1. The Hall–Kier alpha value is -3.81. The summed E-state index contributed by atoms with van der Waals surface area (Å²) < 4.78 is 10.3. The molecule has 1 amide bonds. The van der Waals surface area contributed by atoms with Gasteiger partial charge in [-0.15, -0.1) is 0 Å². The first-order chi connectivity index (χ1) is 16.7. The number of aliphatic hydroxyl groups is 1. The predicted molar refractivity (Wildman–Crippen MR) is 132 cm³/mol. The first kappa shape index (κ1) is 24.3. The van der Waals surface area contributed by atoms with Gasteiger partial charge < -0.3 is 14.6 Å². The van der Waals surface area contributed by atoms with E-state index in [1.54, 1.807) is 48.5 Å². The van der Waals surface area contributed by atoms with Crippen LogP contribution in [0.1, 0.15) is 24.1 Å². The van der Waals surface area contributed by atoms with Crippen LogP contribution in [0, 0.1) is 0 Å². The van der Waals surface area contributed by atoms with Crippen LogP contribution in [0.5, 0.6) is 11.5 Å². The molecule has 0 bridgehead atoms. The van der Waals surface area contributed by atoms with E-state index in [4.69, 9.17) is 32.7 Å². The number of Topliss-reactive ketones (excluding diaryl/α,β-unsaturated/α-hetero) is 1. The molecule has 1 aliphatic heterocycles. The van der Waals surface area contributed by atoms with E-state index in [9.17, 15) is 19.5 Å². The lowest BCUT2D eigenvalue weighted by Crippen LogP contribution is -2.29. The fraction of sp³-hybridized carbons (Fsp3) is 0.115. The summed E-state index contributed by atoms with van der Waals surface area (Å²) in [5, 5.41) is 11.6. The number of rotatable bonds is 5. The zero-order valence-corrected chi connectivity index (χ0v) is 20.1. The number of ketones is 1. The molecule has 1 unspecified atom stereocenters. The fourth-order valence-electron chi connectivity index (χ4n) is 3.84. The summed E-state index contributed by atoms with van der Waals surface area (Å²) in [7, 11) is 1.52. The second-order valence-corrected chi connectivity index (χ2v) is 8.47. The first-order valence-corrected chi connectivity index (χ1v) is 11.2. The van der Waals surface area contributed by atoms with Crippen molar-refractivity contribution in [1.29, 1.82) is 0 Å². The van der Waals surface area contributed by atoms with Crippen molar-refractivity contribution in [3.05, 3.63) is 93.5 Å². The summed E-state index contributed by atoms with van der Waals surface area (Å²) in [6, 6.07) is 16.4. The van der Waals surface area contributed by atoms with Crippen LogP contribution in [0.15, 0.2) is 72.3 Å². The van der Waals surface area contributed by atoms with Crippen LogP contribution in [0.4, 0.5) is 5.69 Å². The standard InChI is InChI=1S/C26H19Cl2NO6/c1-14(30)35-19-8-3-15(4-9-19)23-22(24(31)16-5-12-20(27)21(28)13-16)25(32)26(33)29(23)17-6-10-18(34-2)11-7-17/h3-13,23,31H,1-2H3/b24-22-. The minimum absolute atomic E-state index is 0.121. The molecular formula is C26H19Cl2NO6. The number of carbonyl (C=O) groups excluding carboxylic acids is 3. The molecule has 1 aliphatic rings. The highest BCUT2D eigenvalue weighted by atomic mass is 35.5. The highest BCUT2D eigenvalue weighted by Gasteiger charge is 2.47. The number of aliphatic hydroxyl groups excluding tert-OH is 1. The van der Waals surface area contributed by atoms with Gasteiger partial charge in [-0.1, -0.05) is 35.3 Å². The highest BCUT2D eigenvalue weighted by molar-refractivity contribution is 6.51. The molecule has 3 aromatic rings. The van der Waals surface area contributed by atoms with Crippen molar-refractivity contribution in [3.8, 4) is 11.5 Å². The minimum Gasteiger partial charge on any atom is -0.507 e. The molecule has 1 N–H and O–H groups in total. The van der Waals surface area contributed by atoms with Gasteiger partial charge in [-0.25, -0.2) is 0 Å². The predicted octanol–water partition coefficient (Wildman–Crippen LogP) is 5.55. The Labute approximate surface area is 211 Å². The third kappa shape index (κ3) is 4.73. The van der Waals surface area contributed by atoms with Gasteiger partial charge in [0.2, 0.25) is 0 Å². The molecular weight excluding hydrogens is 493 g/mol. The summed E-state index contributed by atoms with van der Waals surface area (Å²) in [6.07, 6.45) is 0. The molecule has 0 spiro atoms. The van der Waals surface area contributed by atoms with E-state index in [-0.39, 0.29) is 21.2 Å². The number of carbonyl (C=O) groups is 3. The van der Waals surface area contributed by atoms with Gasteiger partial charge in [-0.3, -0.25) is 19.3 Å². The number of halogens is 2. The van der Waals surface area contributed by atoms with Gasteiger partial charge in [0, 0.05) is 18.2 Å². The Balaban J connectivity index is 1.89. The number of benzene rings is 3. The molecule has 0 radical (unpaired) electrons. The van der Waals surface area contributed by atoms with Crippen molar-refractivity contribution in [3.63, 3.8) is 0 Å². The van der Waals surface area contributed by atoms with Crippen LogP contribution in [0.3, 0.4) is 0 Å². The molecule has 7 nitrogen and oxygen atoms in total. The van der Waals surface area contributed by atoms with Gasteiger partial charge in [0.1, 0.15) is 17.3 Å². The van der Waals surface area contributed by atoms with Crippen LogP contribution >= 0.6 is 23.2 Å². The largest absolute Gasteiger partial charge is 0.507 e. The molecule has 1 atom stereocenters. The fourth-order valence-corrected chi connectivity index (χ4v) is 4.14. The summed E-state index contributed by atoms with van der Waals surface area (Å²) >= 11 is 12.1. The Kier molecular flexibility index (Phi) is 6.82. The molecule has 3 aromatic carbocycles. The molecule has 35 heavy (non-hydrogen) atoms. The van der Waals surface area contributed by atoms with Gasteiger partial charge >= 0.3 is 5.97 Å². The number of hydrogen-bond acceptors (Lipinski definition) is 6. The van der Waals surface area contributed by atoms with Crippen LogP contribution in [0.2, 0.25) is 10.0 Å². The van der Waals surface area contributed by atoms with Gasteiger partial charge in [0.05, 0.1) is 28.8 Å². The number of amides is 1. The second kappa shape index (κ2) is 9.82. The average Bonchev–Trinajstić information content (AvgIpc) is 3.11. The van der Waals surface area contributed by atoms with Crippen molar-refractivity contribution in [2.24, 2.45) is 0 Å². The first-order valence-electron chi connectivity index (χ1n) is 10.4. The van der Waals surface area contributed by atoms with Crippen LogP contribution in [0.25, 0.3) is 5.76 Å². The van der Waals surface area contributed by atoms with Gasteiger partial charge in [0.25, 0.3) is 11.7 Å². The highest BCUT2D eigenvalue weighted by Crippen LogP contribution is 2.43. The number of methoxy groups -OCH3 is 1. The normalized spacial score (nSPS) is 16.9. The Bertz CT molecular complexity index is 1350. The lowest BCUT2D eigenvalue weighted by atomic mass is 9.95. The van der Waals surface area contributed by atoms with Gasteiger partial charge in [-0.05, 0) is 60.2 Å². The van der Waals surface area contributed by atoms with E-state index in [1.807, 2.05) is 0 Å². The van der Waals surface area contributed by atoms with Crippen molar-refractivity contribution in [2.45, 2.75) is 13.0 Å². The maximum atomic E-state index is 13.2. The van der Waals surface area contributed by atoms with Crippen molar-refractivity contribution in [2.75, 3.05) is 12.0 Å². The molecule has 178 valence electrons. The zero-order chi connectivity index (χ0) is 25.3. The third-order valence-corrected chi connectivity index (χ3v) is 6.18. The van der Waals surface area contributed by atoms with E-state index >= 15 is 0 Å². The van der Waals surface area contributed by atoms with E-state index in [2.05, 4.69) is 0 Å². The Morgan fingerprint density at radius 2 is 1.54 bits per heavy atom. The van der Waals surface area contributed by atoms with Gasteiger partial charge in [-0.2, -0.15) is 0 Å². The summed E-state index contributed by atoms with van der Waals surface area (Å²) in [6.45, 7) is 1.28. The third-order valence-electron chi connectivity index (χ3n) is 5.45. The van der Waals surface area contributed by atoms with Crippen molar-refractivity contribution >= 4 is 52.3 Å². The molecule has 1 heterocycles. The number of ether oxygens (including phenoxy) is 2. The van der Waals surface area contributed by atoms with Crippen LogP contribution in [-0.2, 0) is 14.4 Å². The minimum atomic E-state index is -0.968. The van der Waals surface area contributed by atoms with E-state index in [0.29, 0.717) is 22.7 Å². The second-order valence-electron chi connectivity index (χ2n) is 7.66. The zero-order valence-electron chi connectivity index (χ0n) is 18.6. The summed E-state index contributed by atoms with van der Waals surface area (Å²) in [5.74, 6) is -1.69. The van der Waals surface area contributed by atoms with Crippen LogP contribution < -0.4 is 14.4 Å². The maximum absolute atomic E-state index is 13.2. The molecule has 0 saturated carbocycles. The lowest BCUT2D eigenvalue weighted by Gasteiger charge is -2.25. The smallest absolute Gasteiger partial charge is 0.308 e. The molecule has 0 aliphatic carbocycles. The lowest BCUT2D eigenvalue weighted by molar-refractivity contribution is -0.132. The van der Waals surface area contributed by atoms with E-state index in [1.165, 1.54) is 37.1 Å².